The number of nitrogens with one attached hydrogen (secondary N) is 2. The molecule has 1 saturated carbocycles. The van der Waals surface area contributed by atoms with Crippen molar-refractivity contribution < 1.29 is 13.2 Å². The number of nitrogens with two attached hydrogens (primary N) is 1. The van der Waals surface area contributed by atoms with Crippen molar-refractivity contribution in [2.75, 3.05) is 16.6 Å². The predicted octanol–water partition coefficient (Wildman–Crippen LogP) is 3.11. The first-order valence-electron chi connectivity index (χ1n) is 9.09. The molecule has 144 valence electrons. The van der Waals surface area contributed by atoms with Gasteiger partial charge in [0.05, 0.1) is 4.90 Å². The summed E-state index contributed by atoms with van der Waals surface area (Å²) in [6.45, 7) is 2.43. The van der Waals surface area contributed by atoms with Gasteiger partial charge in [-0.1, -0.05) is 24.1 Å². The van der Waals surface area contributed by atoms with Gasteiger partial charge >= 0.3 is 0 Å². The van der Waals surface area contributed by atoms with Crippen LogP contribution in [0.3, 0.4) is 0 Å². The van der Waals surface area contributed by atoms with E-state index in [1.165, 1.54) is 0 Å². The van der Waals surface area contributed by atoms with Gasteiger partial charge in [-0.3, -0.25) is 9.52 Å². The number of benzene rings is 2. The summed E-state index contributed by atoms with van der Waals surface area (Å²) >= 11 is 0. The molecular weight excluding hydrogens is 362 g/mol. The average molecular weight is 388 g/mol. The second-order valence-corrected chi connectivity index (χ2v) is 8.70. The lowest BCUT2D eigenvalue weighted by molar-refractivity contribution is -0.120. The van der Waals surface area contributed by atoms with E-state index in [0.29, 0.717) is 17.9 Å². The Balaban J connectivity index is 1.65. The van der Waals surface area contributed by atoms with Crippen LogP contribution in [0.5, 0.6) is 0 Å². The molecule has 2 aromatic rings. The summed E-state index contributed by atoms with van der Waals surface area (Å²) < 4.78 is 27.4. The van der Waals surface area contributed by atoms with Gasteiger partial charge in [-0.05, 0) is 68.6 Å². The molecular formula is C20H25N3O3S. The Bertz CT molecular complexity index is 893. The number of anilines is 2. The number of hydrogen-bond acceptors (Lipinski definition) is 4. The van der Waals surface area contributed by atoms with Gasteiger partial charge in [-0.2, -0.15) is 0 Å². The highest BCUT2D eigenvalue weighted by molar-refractivity contribution is 7.92. The minimum absolute atomic E-state index is 0.0177. The molecule has 2 aromatic carbocycles. The van der Waals surface area contributed by atoms with Crippen molar-refractivity contribution in [1.29, 1.82) is 0 Å². The Morgan fingerprint density at radius 3 is 2.30 bits per heavy atom. The van der Waals surface area contributed by atoms with Crippen LogP contribution in [0.4, 0.5) is 11.4 Å². The summed E-state index contributed by atoms with van der Waals surface area (Å²) in [6, 6.07) is 13.3. The van der Waals surface area contributed by atoms with Crippen LogP contribution in [-0.4, -0.2) is 20.9 Å². The van der Waals surface area contributed by atoms with Gasteiger partial charge in [0.25, 0.3) is 10.0 Å². The maximum Gasteiger partial charge on any atom is 0.261 e. The molecule has 0 unspecified atom stereocenters. The quantitative estimate of drug-likeness (QED) is 0.709. The topological polar surface area (TPSA) is 101 Å². The van der Waals surface area contributed by atoms with Gasteiger partial charge in [0.2, 0.25) is 5.91 Å². The average Bonchev–Trinajstić information content (AvgIpc) is 3.12. The van der Waals surface area contributed by atoms with Crippen molar-refractivity contribution in [3.63, 3.8) is 0 Å². The summed E-state index contributed by atoms with van der Waals surface area (Å²) in [5, 5.41) is 2.90. The Labute approximate surface area is 160 Å². The third kappa shape index (κ3) is 4.67. The standard InChI is InChI=1S/C20H25N3O3S/c1-14-5-11-18(12-6-14)27(25,26)23-17-9-7-16(8-10-17)22-20(24)19-4-2-3-15(19)13-21/h5-12,15,19,23H,2-4,13,21H2,1H3,(H,22,24)/t15-,19-/m1/s1. The smallest absolute Gasteiger partial charge is 0.261 e. The van der Waals surface area contributed by atoms with Crippen molar-refractivity contribution in [2.24, 2.45) is 17.6 Å². The Kier molecular flexibility index (Phi) is 5.82. The first-order valence-corrected chi connectivity index (χ1v) is 10.6. The maximum atomic E-state index is 12.4. The molecule has 0 heterocycles. The summed E-state index contributed by atoms with van der Waals surface area (Å²) in [6.07, 6.45) is 2.89. The molecule has 0 spiro atoms. The molecule has 1 aliphatic carbocycles. The van der Waals surface area contributed by atoms with Crippen molar-refractivity contribution in [3.05, 3.63) is 54.1 Å². The predicted molar refractivity (Wildman–Crippen MR) is 107 cm³/mol. The lowest BCUT2D eigenvalue weighted by Gasteiger charge is -2.17. The van der Waals surface area contributed by atoms with Crippen LogP contribution in [0.1, 0.15) is 24.8 Å². The fraction of sp³-hybridized carbons (Fsp3) is 0.350. The van der Waals surface area contributed by atoms with E-state index in [9.17, 15) is 13.2 Å². The molecule has 7 heteroatoms. The van der Waals surface area contributed by atoms with Gasteiger partial charge in [0.15, 0.2) is 0 Å². The summed E-state index contributed by atoms with van der Waals surface area (Å²) in [7, 11) is -3.64. The molecule has 0 saturated heterocycles. The van der Waals surface area contributed by atoms with E-state index in [4.69, 9.17) is 5.73 Å². The molecule has 6 nitrogen and oxygen atoms in total. The van der Waals surface area contributed by atoms with Gasteiger partial charge in [0, 0.05) is 17.3 Å². The highest BCUT2D eigenvalue weighted by Gasteiger charge is 2.31. The number of amides is 1. The van der Waals surface area contributed by atoms with Crippen molar-refractivity contribution in [3.8, 4) is 0 Å². The van der Waals surface area contributed by atoms with Crippen LogP contribution in [0.15, 0.2) is 53.4 Å². The Morgan fingerprint density at radius 1 is 1.04 bits per heavy atom. The molecule has 1 fully saturated rings. The van der Waals surface area contributed by atoms with Crippen LogP contribution in [0, 0.1) is 18.8 Å². The molecule has 4 N–H and O–H groups in total. The van der Waals surface area contributed by atoms with Gasteiger partial charge in [-0.25, -0.2) is 8.42 Å². The lowest BCUT2D eigenvalue weighted by atomic mass is 9.95. The molecule has 0 bridgehead atoms. The molecule has 0 aliphatic heterocycles. The first kappa shape index (κ1) is 19.4. The number of carbonyl (C=O) groups excluding carboxylic acids is 1. The van der Waals surface area contributed by atoms with Crippen molar-refractivity contribution in [2.45, 2.75) is 31.1 Å². The van der Waals surface area contributed by atoms with E-state index in [2.05, 4.69) is 10.0 Å². The van der Waals surface area contributed by atoms with Gasteiger partial charge < -0.3 is 11.1 Å². The van der Waals surface area contributed by atoms with Crippen LogP contribution in [0.25, 0.3) is 0 Å². The third-order valence-electron chi connectivity index (χ3n) is 5.03. The number of hydrogen-bond donors (Lipinski definition) is 3. The largest absolute Gasteiger partial charge is 0.330 e. The Morgan fingerprint density at radius 2 is 1.67 bits per heavy atom. The number of rotatable bonds is 6. The maximum absolute atomic E-state index is 12.4. The highest BCUT2D eigenvalue weighted by atomic mass is 32.2. The van der Waals surface area contributed by atoms with Crippen molar-refractivity contribution in [1.82, 2.24) is 0 Å². The van der Waals surface area contributed by atoms with E-state index >= 15 is 0 Å². The van der Waals surface area contributed by atoms with Crippen LogP contribution >= 0.6 is 0 Å². The fourth-order valence-electron chi connectivity index (χ4n) is 3.45. The second-order valence-electron chi connectivity index (χ2n) is 7.02. The van der Waals surface area contributed by atoms with Crippen LogP contribution in [0.2, 0.25) is 0 Å². The summed E-state index contributed by atoms with van der Waals surface area (Å²) in [4.78, 5) is 12.6. The monoisotopic (exact) mass is 387 g/mol. The third-order valence-corrected chi connectivity index (χ3v) is 6.43. The molecule has 0 radical (unpaired) electrons. The van der Waals surface area contributed by atoms with E-state index in [0.717, 1.165) is 24.8 Å². The SMILES string of the molecule is Cc1ccc(S(=O)(=O)Nc2ccc(NC(=O)[C@@H]3CCC[C@@H]3CN)cc2)cc1. The van der Waals surface area contributed by atoms with Crippen LogP contribution < -0.4 is 15.8 Å². The van der Waals surface area contributed by atoms with E-state index in [1.54, 1.807) is 48.5 Å². The molecule has 27 heavy (non-hydrogen) atoms. The molecule has 0 aromatic heterocycles. The second kappa shape index (κ2) is 8.10. The number of carbonyl (C=O) groups is 1. The normalized spacial score (nSPS) is 19.6. The number of sulfonamides is 1. The number of aryl methyl sites for hydroxylation is 1. The fourth-order valence-corrected chi connectivity index (χ4v) is 4.51. The lowest BCUT2D eigenvalue weighted by Crippen LogP contribution is -2.29. The highest BCUT2D eigenvalue weighted by Crippen LogP contribution is 2.32. The Hall–Kier alpha value is -2.38. The van der Waals surface area contributed by atoms with Crippen molar-refractivity contribution >= 4 is 27.3 Å². The summed E-state index contributed by atoms with van der Waals surface area (Å²) in [5.74, 6) is 0.177. The zero-order valence-corrected chi connectivity index (χ0v) is 16.1. The van der Waals surface area contributed by atoms with Crippen LogP contribution in [-0.2, 0) is 14.8 Å². The van der Waals surface area contributed by atoms with E-state index in [-0.39, 0.29) is 22.6 Å². The van der Waals surface area contributed by atoms with Gasteiger partial charge in [-0.15, -0.1) is 0 Å². The van der Waals surface area contributed by atoms with E-state index < -0.39 is 10.0 Å². The molecule has 2 atom stereocenters. The summed E-state index contributed by atoms with van der Waals surface area (Å²) in [5.41, 5.74) is 7.82. The minimum Gasteiger partial charge on any atom is -0.330 e. The first-order chi connectivity index (χ1) is 12.9. The van der Waals surface area contributed by atoms with Gasteiger partial charge in [0.1, 0.15) is 0 Å². The van der Waals surface area contributed by atoms with E-state index in [1.807, 2.05) is 6.92 Å². The molecule has 1 aliphatic rings. The molecule has 1 amide bonds. The molecule has 3 rings (SSSR count). The zero-order valence-electron chi connectivity index (χ0n) is 15.3. The zero-order chi connectivity index (χ0) is 19.4. The minimum atomic E-state index is -3.64.